The lowest BCUT2D eigenvalue weighted by Gasteiger charge is -2.12. The number of carboxylic acid groups (broad SMARTS) is 1. The van der Waals surface area contributed by atoms with Gasteiger partial charge in [0.15, 0.2) is 0 Å². The van der Waals surface area contributed by atoms with Crippen molar-refractivity contribution < 1.29 is 19.0 Å². The molecule has 1 unspecified atom stereocenters. The van der Waals surface area contributed by atoms with Crippen molar-refractivity contribution in [1.29, 1.82) is 0 Å². The molecule has 1 atom stereocenters. The summed E-state index contributed by atoms with van der Waals surface area (Å²) < 4.78 is 19.4. The molecule has 3 rings (SSSR count). The van der Waals surface area contributed by atoms with Crippen molar-refractivity contribution >= 4 is 16.9 Å². The van der Waals surface area contributed by atoms with Gasteiger partial charge in [-0.05, 0) is 37.1 Å². The highest BCUT2D eigenvalue weighted by molar-refractivity contribution is 6.03. The second-order valence-electron chi connectivity index (χ2n) is 5.10. The number of halogens is 1. The number of ether oxygens (including phenoxy) is 1. The van der Waals surface area contributed by atoms with Gasteiger partial charge in [-0.3, -0.25) is 0 Å². The van der Waals surface area contributed by atoms with Crippen LogP contribution in [0.1, 0.15) is 34.0 Å². The van der Waals surface area contributed by atoms with Crippen LogP contribution >= 0.6 is 0 Å². The summed E-state index contributed by atoms with van der Waals surface area (Å²) in [5.41, 5.74) is 1.49. The number of nitrogens with zero attached hydrogens (tertiary/aromatic N) is 1. The number of pyridine rings is 1. The molecule has 0 radical (unpaired) electrons. The Morgan fingerprint density at radius 3 is 2.90 bits per heavy atom. The zero-order valence-corrected chi connectivity index (χ0v) is 11.0. The normalized spacial score (nSPS) is 18.6. The van der Waals surface area contributed by atoms with E-state index < -0.39 is 11.8 Å². The first kappa shape index (κ1) is 13.0. The van der Waals surface area contributed by atoms with Crippen LogP contribution < -0.4 is 0 Å². The van der Waals surface area contributed by atoms with Crippen molar-refractivity contribution in [3.63, 3.8) is 0 Å². The standard InChI is InChI=1S/C15H14FNO3/c1-8-4-10-11(15(18)19)6-13(9-2-3-20-7-9)17-14(10)12(16)5-8/h4-6,9H,2-3,7H2,1H3,(H,18,19). The van der Waals surface area contributed by atoms with Crippen LogP contribution in [0.3, 0.4) is 0 Å². The van der Waals surface area contributed by atoms with Crippen molar-refractivity contribution in [2.45, 2.75) is 19.3 Å². The van der Waals surface area contributed by atoms with Crippen LogP contribution in [0, 0.1) is 12.7 Å². The minimum Gasteiger partial charge on any atom is -0.478 e. The number of aryl methyl sites for hydroxylation is 1. The number of hydrogen-bond acceptors (Lipinski definition) is 3. The fraction of sp³-hybridized carbons (Fsp3) is 0.333. The molecule has 0 aliphatic carbocycles. The van der Waals surface area contributed by atoms with Crippen LogP contribution in [0.2, 0.25) is 0 Å². The maximum atomic E-state index is 14.1. The highest BCUT2D eigenvalue weighted by Crippen LogP contribution is 2.29. The number of aromatic nitrogens is 1. The highest BCUT2D eigenvalue weighted by Gasteiger charge is 2.23. The summed E-state index contributed by atoms with van der Waals surface area (Å²) in [6.07, 6.45) is 0.783. The fourth-order valence-corrected chi connectivity index (χ4v) is 2.59. The lowest BCUT2D eigenvalue weighted by atomic mass is 9.99. The molecule has 0 bridgehead atoms. The maximum Gasteiger partial charge on any atom is 0.336 e. The minimum atomic E-state index is -1.07. The van der Waals surface area contributed by atoms with Gasteiger partial charge in [-0.25, -0.2) is 14.2 Å². The summed E-state index contributed by atoms with van der Waals surface area (Å²) in [5.74, 6) is -1.51. The predicted molar refractivity (Wildman–Crippen MR) is 71.6 cm³/mol. The Labute approximate surface area is 115 Å². The van der Waals surface area contributed by atoms with Gasteiger partial charge in [-0.2, -0.15) is 0 Å². The van der Waals surface area contributed by atoms with E-state index in [0.717, 1.165) is 6.42 Å². The third-order valence-corrected chi connectivity index (χ3v) is 3.61. The Bertz CT molecular complexity index is 693. The number of aromatic carboxylic acids is 1. The van der Waals surface area contributed by atoms with Crippen LogP contribution in [-0.2, 0) is 4.74 Å². The average Bonchev–Trinajstić information content (AvgIpc) is 2.91. The Hall–Kier alpha value is -2.01. The van der Waals surface area contributed by atoms with Gasteiger partial charge < -0.3 is 9.84 Å². The molecule has 0 saturated carbocycles. The lowest BCUT2D eigenvalue weighted by molar-refractivity contribution is 0.0698. The number of hydrogen-bond donors (Lipinski definition) is 1. The first-order valence-corrected chi connectivity index (χ1v) is 6.48. The van der Waals surface area contributed by atoms with Gasteiger partial charge >= 0.3 is 5.97 Å². The van der Waals surface area contributed by atoms with Crippen LogP contribution in [0.15, 0.2) is 18.2 Å². The molecular formula is C15H14FNO3. The Morgan fingerprint density at radius 2 is 2.25 bits per heavy atom. The molecule has 0 spiro atoms. The van der Waals surface area contributed by atoms with Crippen LogP contribution in [-0.4, -0.2) is 29.3 Å². The molecule has 4 nitrogen and oxygen atoms in total. The topological polar surface area (TPSA) is 59.4 Å². The van der Waals surface area contributed by atoms with Crippen molar-refractivity contribution in [3.8, 4) is 0 Å². The van der Waals surface area contributed by atoms with E-state index >= 15 is 0 Å². The van der Waals surface area contributed by atoms with Gasteiger partial charge in [0.2, 0.25) is 0 Å². The smallest absolute Gasteiger partial charge is 0.336 e. The van der Waals surface area contributed by atoms with Crippen molar-refractivity contribution in [2.24, 2.45) is 0 Å². The van der Waals surface area contributed by atoms with Crippen molar-refractivity contribution in [1.82, 2.24) is 4.98 Å². The number of fused-ring (bicyclic) bond motifs is 1. The summed E-state index contributed by atoms with van der Waals surface area (Å²) in [7, 11) is 0. The monoisotopic (exact) mass is 275 g/mol. The Balaban J connectivity index is 2.27. The molecule has 1 aromatic heterocycles. The molecule has 1 N–H and O–H groups in total. The Kier molecular flexibility index (Phi) is 3.14. The number of benzene rings is 1. The predicted octanol–water partition coefficient (Wildman–Crippen LogP) is 2.88. The molecule has 2 aromatic rings. The van der Waals surface area contributed by atoms with Gasteiger partial charge in [0.25, 0.3) is 0 Å². The fourth-order valence-electron chi connectivity index (χ4n) is 2.59. The van der Waals surface area contributed by atoms with Gasteiger partial charge in [0, 0.05) is 23.6 Å². The van der Waals surface area contributed by atoms with Gasteiger partial charge in [-0.15, -0.1) is 0 Å². The minimum absolute atomic E-state index is 0.0400. The van der Waals surface area contributed by atoms with E-state index in [1.165, 1.54) is 6.07 Å². The third kappa shape index (κ3) is 2.14. The van der Waals surface area contributed by atoms with Crippen molar-refractivity contribution in [2.75, 3.05) is 13.2 Å². The van der Waals surface area contributed by atoms with Gasteiger partial charge in [0.05, 0.1) is 12.2 Å². The molecule has 20 heavy (non-hydrogen) atoms. The summed E-state index contributed by atoms with van der Waals surface area (Å²) in [6.45, 7) is 2.86. The van der Waals surface area contributed by atoms with E-state index in [-0.39, 0.29) is 17.0 Å². The molecule has 5 heteroatoms. The van der Waals surface area contributed by atoms with Crippen LogP contribution in [0.5, 0.6) is 0 Å². The first-order valence-electron chi connectivity index (χ1n) is 6.48. The quantitative estimate of drug-likeness (QED) is 0.915. The number of rotatable bonds is 2. The summed E-state index contributed by atoms with van der Waals surface area (Å²) in [5, 5.41) is 9.70. The first-order chi connectivity index (χ1) is 9.56. The molecule has 1 fully saturated rings. The molecule has 104 valence electrons. The molecule has 2 heterocycles. The second kappa shape index (κ2) is 4.83. The highest BCUT2D eigenvalue weighted by atomic mass is 19.1. The summed E-state index contributed by atoms with van der Waals surface area (Å²) in [6, 6.07) is 4.57. The van der Waals surface area contributed by atoms with E-state index in [9.17, 15) is 14.3 Å². The van der Waals surface area contributed by atoms with E-state index in [0.29, 0.717) is 29.9 Å². The Morgan fingerprint density at radius 1 is 1.45 bits per heavy atom. The molecule has 1 saturated heterocycles. The molecular weight excluding hydrogens is 261 g/mol. The molecule has 0 amide bonds. The number of carboxylic acids is 1. The molecule has 1 aliphatic rings. The zero-order valence-electron chi connectivity index (χ0n) is 11.0. The van der Waals surface area contributed by atoms with Gasteiger partial charge in [-0.1, -0.05) is 0 Å². The average molecular weight is 275 g/mol. The zero-order chi connectivity index (χ0) is 14.3. The SMILES string of the molecule is Cc1cc(F)c2nc(C3CCOC3)cc(C(=O)O)c2c1. The van der Waals surface area contributed by atoms with E-state index in [1.54, 1.807) is 19.1 Å². The molecule has 1 aliphatic heterocycles. The van der Waals surface area contributed by atoms with Crippen LogP contribution in [0.4, 0.5) is 4.39 Å². The van der Waals surface area contributed by atoms with Gasteiger partial charge in [0.1, 0.15) is 11.3 Å². The lowest BCUT2D eigenvalue weighted by Crippen LogP contribution is -2.07. The summed E-state index contributed by atoms with van der Waals surface area (Å²) in [4.78, 5) is 15.7. The van der Waals surface area contributed by atoms with E-state index in [2.05, 4.69) is 4.98 Å². The largest absolute Gasteiger partial charge is 0.478 e. The maximum absolute atomic E-state index is 14.1. The second-order valence-corrected chi connectivity index (χ2v) is 5.10. The number of carbonyl (C=O) groups is 1. The summed E-state index contributed by atoms with van der Waals surface area (Å²) >= 11 is 0. The van der Waals surface area contributed by atoms with Crippen molar-refractivity contribution in [3.05, 3.63) is 40.8 Å². The third-order valence-electron chi connectivity index (χ3n) is 3.61. The van der Waals surface area contributed by atoms with Crippen LogP contribution in [0.25, 0.3) is 10.9 Å². The van der Waals surface area contributed by atoms with E-state index in [4.69, 9.17) is 4.74 Å². The molecule has 1 aromatic carbocycles. The van der Waals surface area contributed by atoms with E-state index in [1.807, 2.05) is 0 Å².